The van der Waals surface area contributed by atoms with Crippen molar-refractivity contribution in [3.8, 4) is 6.07 Å². The maximum atomic E-state index is 13.5. The molecule has 8 nitrogen and oxygen atoms in total. The lowest BCUT2D eigenvalue weighted by Gasteiger charge is -2.36. The molecule has 1 aliphatic rings. The fourth-order valence-electron chi connectivity index (χ4n) is 5.26. The van der Waals surface area contributed by atoms with E-state index in [-0.39, 0.29) is 36.0 Å². The highest BCUT2D eigenvalue weighted by molar-refractivity contribution is 6.30. The molecule has 0 saturated carbocycles. The summed E-state index contributed by atoms with van der Waals surface area (Å²) in [7, 11) is 0. The Kier molecular flexibility index (Phi) is 8.22. The number of halogens is 1. The zero-order chi connectivity index (χ0) is 28.3. The van der Waals surface area contributed by atoms with Crippen molar-refractivity contribution >= 4 is 23.4 Å². The molecule has 2 heterocycles. The summed E-state index contributed by atoms with van der Waals surface area (Å²) < 4.78 is 0. The van der Waals surface area contributed by atoms with Gasteiger partial charge in [0, 0.05) is 22.6 Å². The van der Waals surface area contributed by atoms with E-state index in [4.69, 9.17) is 11.6 Å². The van der Waals surface area contributed by atoms with Crippen LogP contribution in [0.5, 0.6) is 0 Å². The number of hydrogen-bond acceptors (Lipinski definition) is 5. The predicted molar refractivity (Wildman–Crippen MR) is 149 cm³/mol. The molecule has 0 radical (unpaired) electrons. The molecule has 0 aliphatic carbocycles. The van der Waals surface area contributed by atoms with Crippen LogP contribution < -0.4 is 10.9 Å². The van der Waals surface area contributed by atoms with Gasteiger partial charge in [0.2, 0.25) is 5.91 Å². The number of aryl methyl sites for hydroxylation is 2. The summed E-state index contributed by atoms with van der Waals surface area (Å²) in [4.78, 5) is 40.4. The summed E-state index contributed by atoms with van der Waals surface area (Å²) in [5.41, 5.74) is 3.44. The van der Waals surface area contributed by atoms with Crippen molar-refractivity contribution in [2.45, 2.75) is 59.0 Å². The standard InChI is InChI=1S/C30H32ClN5O3/c1-18-12-22(9-8-20(18)14-23-13-19(2)34-35-29(23)39)28(38)33-16-27(37)36-25(21-6-5-7-24(31)15-21)10-11-26(36)30(3,4)17-32/h5-9,12-13,15,25-26H,10-11,14,16H2,1-4H3,(H,33,38)(H,35,39)/t25-,26?/m0/s1. The molecule has 2 aromatic carbocycles. The topological polar surface area (TPSA) is 119 Å². The SMILES string of the molecule is Cc1cc(Cc2ccc(C(=O)NCC(=O)N3C(C(C)(C)C#N)CC[C@H]3c3cccc(Cl)c3)cc2C)c(=O)[nH]n1. The second-order valence-corrected chi connectivity index (χ2v) is 11.1. The molecule has 2 N–H and O–H groups in total. The number of benzene rings is 2. The molecular formula is C30H32ClN5O3. The van der Waals surface area contributed by atoms with E-state index in [0.717, 1.165) is 22.4 Å². The van der Waals surface area contributed by atoms with Gasteiger partial charge in [0.05, 0.1) is 35.8 Å². The van der Waals surface area contributed by atoms with Crippen LogP contribution in [0.25, 0.3) is 0 Å². The van der Waals surface area contributed by atoms with Crippen LogP contribution in [0.4, 0.5) is 0 Å². The Balaban J connectivity index is 1.49. The number of aromatic amines is 1. The molecular weight excluding hydrogens is 514 g/mol. The summed E-state index contributed by atoms with van der Waals surface area (Å²) in [6.07, 6.45) is 1.80. The number of rotatable bonds is 7. The van der Waals surface area contributed by atoms with Gasteiger partial charge in [-0.3, -0.25) is 14.4 Å². The number of likely N-dealkylation sites (tertiary alicyclic amines) is 1. The number of nitriles is 1. The molecule has 0 bridgehead atoms. The Hall–Kier alpha value is -3.96. The van der Waals surface area contributed by atoms with E-state index in [2.05, 4.69) is 21.6 Å². The first-order chi connectivity index (χ1) is 18.5. The van der Waals surface area contributed by atoms with Crippen LogP contribution in [0.2, 0.25) is 5.02 Å². The minimum absolute atomic E-state index is 0.194. The normalized spacial score (nSPS) is 17.1. The second-order valence-electron chi connectivity index (χ2n) is 10.7. The lowest BCUT2D eigenvalue weighted by atomic mass is 9.84. The van der Waals surface area contributed by atoms with E-state index >= 15 is 0 Å². The molecule has 1 unspecified atom stereocenters. The van der Waals surface area contributed by atoms with Gasteiger partial charge in [-0.25, -0.2) is 5.10 Å². The molecule has 1 saturated heterocycles. The van der Waals surface area contributed by atoms with Crippen molar-refractivity contribution in [2.75, 3.05) is 6.54 Å². The number of aromatic nitrogens is 2. The van der Waals surface area contributed by atoms with Crippen LogP contribution in [0, 0.1) is 30.6 Å². The average Bonchev–Trinajstić information content (AvgIpc) is 3.37. The van der Waals surface area contributed by atoms with Crippen molar-refractivity contribution in [2.24, 2.45) is 5.41 Å². The van der Waals surface area contributed by atoms with E-state index < -0.39 is 5.41 Å². The van der Waals surface area contributed by atoms with Gasteiger partial charge >= 0.3 is 0 Å². The summed E-state index contributed by atoms with van der Waals surface area (Å²) in [6, 6.07) is 16.3. The van der Waals surface area contributed by atoms with Gasteiger partial charge in [-0.1, -0.05) is 29.8 Å². The zero-order valence-corrected chi connectivity index (χ0v) is 23.3. The molecule has 2 atom stereocenters. The monoisotopic (exact) mass is 545 g/mol. The van der Waals surface area contributed by atoms with Crippen LogP contribution >= 0.6 is 11.6 Å². The van der Waals surface area contributed by atoms with Crippen LogP contribution in [0.3, 0.4) is 0 Å². The molecule has 39 heavy (non-hydrogen) atoms. The van der Waals surface area contributed by atoms with Gasteiger partial charge < -0.3 is 10.2 Å². The molecule has 1 aromatic heterocycles. The average molecular weight is 546 g/mol. The maximum Gasteiger partial charge on any atom is 0.267 e. The Bertz CT molecular complexity index is 1510. The zero-order valence-electron chi connectivity index (χ0n) is 22.5. The van der Waals surface area contributed by atoms with E-state index in [0.29, 0.717) is 35.4 Å². The van der Waals surface area contributed by atoms with Crippen LogP contribution in [0.1, 0.15) is 71.0 Å². The lowest BCUT2D eigenvalue weighted by Crippen LogP contribution is -2.48. The largest absolute Gasteiger partial charge is 0.343 e. The number of carbonyl (C=O) groups is 2. The Labute approximate surface area is 233 Å². The second kappa shape index (κ2) is 11.4. The summed E-state index contributed by atoms with van der Waals surface area (Å²) >= 11 is 6.23. The van der Waals surface area contributed by atoms with E-state index in [1.54, 1.807) is 29.2 Å². The third kappa shape index (κ3) is 6.21. The van der Waals surface area contributed by atoms with E-state index in [9.17, 15) is 19.6 Å². The van der Waals surface area contributed by atoms with Gasteiger partial charge in [-0.15, -0.1) is 0 Å². The van der Waals surface area contributed by atoms with E-state index in [1.165, 1.54) is 0 Å². The lowest BCUT2D eigenvalue weighted by molar-refractivity contribution is -0.134. The summed E-state index contributed by atoms with van der Waals surface area (Å²) in [5, 5.41) is 19.5. The van der Waals surface area contributed by atoms with Crippen molar-refractivity contribution in [1.29, 1.82) is 5.26 Å². The van der Waals surface area contributed by atoms with Gasteiger partial charge in [-0.05, 0) is 87.6 Å². The smallest absolute Gasteiger partial charge is 0.267 e. The summed E-state index contributed by atoms with van der Waals surface area (Å²) in [6.45, 7) is 7.17. The highest BCUT2D eigenvalue weighted by Gasteiger charge is 2.45. The van der Waals surface area contributed by atoms with Crippen molar-refractivity contribution in [1.82, 2.24) is 20.4 Å². The van der Waals surface area contributed by atoms with E-state index in [1.807, 2.05) is 52.0 Å². The van der Waals surface area contributed by atoms with Gasteiger partial charge in [-0.2, -0.15) is 10.4 Å². The Morgan fingerprint density at radius 1 is 1.15 bits per heavy atom. The molecule has 202 valence electrons. The van der Waals surface area contributed by atoms with Crippen molar-refractivity contribution < 1.29 is 9.59 Å². The molecule has 0 spiro atoms. The third-order valence-electron chi connectivity index (χ3n) is 7.42. The fraction of sp³-hybridized carbons (Fsp3) is 0.367. The quantitative estimate of drug-likeness (QED) is 0.448. The Morgan fingerprint density at radius 3 is 2.62 bits per heavy atom. The number of nitrogens with one attached hydrogen (secondary N) is 2. The number of nitrogens with zero attached hydrogens (tertiary/aromatic N) is 3. The first kappa shape index (κ1) is 28.1. The molecule has 1 fully saturated rings. The van der Waals surface area contributed by atoms with Gasteiger partial charge in [0.15, 0.2) is 0 Å². The third-order valence-corrected chi connectivity index (χ3v) is 7.66. The molecule has 3 aromatic rings. The molecule has 4 rings (SSSR count). The van der Waals surface area contributed by atoms with Crippen LogP contribution in [-0.4, -0.2) is 39.5 Å². The van der Waals surface area contributed by atoms with Crippen molar-refractivity contribution in [3.63, 3.8) is 0 Å². The fourth-order valence-corrected chi connectivity index (χ4v) is 5.46. The van der Waals surface area contributed by atoms with Gasteiger partial charge in [0.1, 0.15) is 0 Å². The number of carbonyl (C=O) groups excluding carboxylic acids is 2. The van der Waals surface area contributed by atoms with Crippen molar-refractivity contribution in [3.05, 3.63) is 97.4 Å². The number of H-pyrrole nitrogens is 1. The highest BCUT2D eigenvalue weighted by Crippen LogP contribution is 2.43. The molecule has 1 aliphatic heterocycles. The first-order valence-corrected chi connectivity index (χ1v) is 13.3. The van der Waals surface area contributed by atoms with Gasteiger partial charge in [0.25, 0.3) is 11.5 Å². The minimum Gasteiger partial charge on any atom is -0.343 e. The highest BCUT2D eigenvalue weighted by atomic mass is 35.5. The molecule has 2 amide bonds. The number of hydrogen-bond donors (Lipinski definition) is 2. The first-order valence-electron chi connectivity index (χ1n) is 12.9. The Morgan fingerprint density at radius 2 is 1.92 bits per heavy atom. The van der Waals surface area contributed by atoms with Crippen LogP contribution in [0.15, 0.2) is 53.3 Å². The van der Waals surface area contributed by atoms with Crippen LogP contribution in [-0.2, 0) is 11.2 Å². The minimum atomic E-state index is -0.755. The summed E-state index contributed by atoms with van der Waals surface area (Å²) in [5.74, 6) is -0.620. The number of amides is 2. The predicted octanol–water partition coefficient (Wildman–Crippen LogP) is 4.64. The molecule has 9 heteroatoms. The maximum absolute atomic E-state index is 13.5.